The fraction of sp³-hybridized carbons (Fsp3) is 0.250. The van der Waals surface area contributed by atoms with Crippen LogP contribution < -0.4 is 10.2 Å². The van der Waals surface area contributed by atoms with Gasteiger partial charge in [0.2, 0.25) is 0 Å². The zero-order valence-corrected chi connectivity index (χ0v) is 21.0. The van der Waals surface area contributed by atoms with E-state index >= 15 is 0 Å². The number of nitrogens with one attached hydrogen (secondary N) is 1. The molecule has 0 radical (unpaired) electrons. The lowest BCUT2D eigenvalue weighted by Crippen LogP contribution is -2.29. The molecule has 0 bridgehead atoms. The second-order valence-corrected chi connectivity index (χ2v) is 9.51. The summed E-state index contributed by atoms with van der Waals surface area (Å²) in [4.78, 5) is 11.6. The van der Waals surface area contributed by atoms with Gasteiger partial charge >= 0.3 is 0 Å². The third-order valence-electron chi connectivity index (χ3n) is 6.79. The van der Waals surface area contributed by atoms with Gasteiger partial charge in [0.15, 0.2) is 5.11 Å². The van der Waals surface area contributed by atoms with Gasteiger partial charge in [-0.2, -0.15) is 0 Å². The number of pyridine rings is 2. The summed E-state index contributed by atoms with van der Waals surface area (Å²) in [5.41, 5.74) is 9.26. The van der Waals surface area contributed by atoms with Crippen molar-refractivity contribution in [1.29, 1.82) is 0 Å². The van der Waals surface area contributed by atoms with Crippen molar-refractivity contribution in [3.63, 3.8) is 0 Å². The van der Waals surface area contributed by atoms with E-state index in [-0.39, 0.29) is 12.1 Å². The van der Waals surface area contributed by atoms with Crippen LogP contribution in [0, 0.1) is 34.6 Å². The van der Waals surface area contributed by atoms with Crippen LogP contribution in [0.4, 0.5) is 5.69 Å². The second kappa shape index (κ2) is 8.69. The zero-order chi connectivity index (χ0) is 24.0. The summed E-state index contributed by atoms with van der Waals surface area (Å²) < 4.78 is 2.23. The lowest BCUT2D eigenvalue weighted by molar-refractivity contribution is 0.565. The molecule has 4 heterocycles. The first-order chi connectivity index (χ1) is 16.3. The zero-order valence-electron chi connectivity index (χ0n) is 20.2. The van der Waals surface area contributed by atoms with Crippen LogP contribution in [0.15, 0.2) is 67.0 Å². The van der Waals surface area contributed by atoms with E-state index in [0.717, 1.165) is 28.6 Å². The molecule has 0 saturated carbocycles. The van der Waals surface area contributed by atoms with Crippen molar-refractivity contribution in [3.8, 4) is 5.82 Å². The lowest BCUT2D eigenvalue weighted by Gasteiger charge is -2.28. The predicted molar refractivity (Wildman–Crippen MR) is 142 cm³/mol. The van der Waals surface area contributed by atoms with Crippen LogP contribution in [-0.4, -0.2) is 19.6 Å². The average Bonchev–Trinajstić information content (AvgIpc) is 3.31. The van der Waals surface area contributed by atoms with Gasteiger partial charge in [0.25, 0.3) is 0 Å². The molecular weight excluding hydrogens is 438 g/mol. The Kier molecular flexibility index (Phi) is 5.70. The summed E-state index contributed by atoms with van der Waals surface area (Å²) >= 11 is 5.91. The summed E-state index contributed by atoms with van der Waals surface area (Å²) in [7, 11) is 0. The van der Waals surface area contributed by atoms with Gasteiger partial charge in [-0.15, -0.1) is 0 Å². The van der Waals surface area contributed by atoms with E-state index in [2.05, 4.69) is 90.8 Å². The number of aromatic nitrogens is 3. The number of anilines is 1. The molecule has 0 amide bonds. The van der Waals surface area contributed by atoms with Crippen molar-refractivity contribution in [2.45, 2.75) is 46.7 Å². The Labute approximate surface area is 206 Å². The van der Waals surface area contributed by atoms with Crippen molar-refractivity contribution >= 4 is 23.0 Å². The van der Waals surface area contributed by atoms with Crippen molar-refractivity contribution in [3.05, 3.63) is 106 Å². The number of rotatable bonds is 4. The van der Waals surface area contributed by atoms with Crippen molar-refractivity contribution < 1.29 is 0 Å². The summed E-state index contributed by atoms with van der Waals surface area (Å²) in [5, 5.41) is 4.29. The van der Waals surface area contributed by atoms with E-state index in [9.17, 15) is 0 Å². The number of aryl methyl sites for hydroxylation is 4. The van der Waals surface area contributed by atoms with E-state index in [1.165, 1.54) is 22.3 Å². The van der Waals surface area contributed by atoms with Crippen LogP contribution in [0.3, 0.4) is 0 Å². The fourth-order valence-electron chi connectivity index (χ4n) is 4.91. The molecule has 34 heavy (non-hydrogen) atoms. The first-order valence-electron chi connectivity index (χ1n) is 11.5. The molecule has 6 heteroatoms. The highest BCUT2D eigenvalue weighted by Gasteiger charge is 2.42. The Balaban J connectivity index is 1.69. The minimum Gasteiger partial charge on any atom is -0.351 e. The van der Waals surface area contributed by atoms with Gasteiger partial charge in [0.05, 0.1) is 17.8 Å². The smallest absolute Gasteiger partial charge is 0.174 e. The Hall–Kier alpha value is -3.51. The maximum atomic E-state index is 5.91. The Bertz CT molecular complexity index is 1380. The van der Waals surface area contributed by atoms with Crippen LogP contribution in [0.5, 0.6) is 0 Å². The molecule has 5 rings (SSSR count). The topological polar surface area (TPSA) is 46.0 Å². The van der Waals surface area contributed by atoms with E-state index in [1.807, 2.05) is 30.6 Å². The molecule has 1 aliphatic heterocycles. The van der Waals surface area contributed by atoms with Crippen LogP contribution in [0.2, 0.25) is 0 Å². The Morgan fingerprint density at radius 3 is 2.38 bits per heavy atom. The SMILES string of the molecule is Cc1ccnc(-n2c(C)cc([C@@H]3[C@H](c4ccccn4)NC(=S)N3c3ccc(C)c(C)c3)c2C)c1. The highest BCUT2D eigenvalue weighted by molar-refractivity contribution is 7.80. The lowest BCUT2D eigenvalue weighted by atomic mass is 9.96. The summed E-state index contributed by atoms with van der Waals surface area (Å²) in [5.74, 6) is 0.932. The molecule has 1 saturated heterocycles. The number of nitrogens with zero attached hydrogens (tertiary/aromatic N) is 4. The monoisotopic (exact) mass is 467 g/mol. The first-order valence-corrected chi connectivity index (χ1v) is 12.0. The van der Waals surface area contributed by atoms with Gasteiger partial charge in [-0.3, -0.25) is 4.98 Å². The summed E-state index contributed by atoms with van der Waals surface area (Å²) in [6.07, 6.45) is 3.71. The van der Waals surface area contributed by atoms with E-state index in [0.29, 0.717) is 5.11 Å². The molecule has 3 aromatic heterocycles. The molecule has 1 aliphatic rings. The number of hydrogen-bond donors (Lipinski definition) is 1. The number of thiocarbonyl (C=S) groups is 1. The van der Waals surface area contributed by atoms with Crippen LogP contribution >= 0.6 is 12.2 Å². The fourth-order valence-corrected chi connectivity index (χ4v) is 5.25. The quantitative estimate of drug-likeness (QED) is 0.374. The molecular formula is C28H29N5S. The Morgan fingerprint density at radius 1 is 0.853 bits per heavy atom. The van der Waals surface area contributed by atoms with Crippen LogP contribution in [-0.2, 0) is 0 Å². The molecule has 1 fully saturated rings. The van der Waals surface area contributed by atoms with Gasteiger partial charge in [0.1, 0.15) is 5.82 Å². The van der Waals surface area contributed by atoms with E-state index in [1.54, 1.807) is 0 Å². The van der Waals surface area contributed by atoms with Gasteiger partial charge in [-0.1, -0.05) is 12.1 Å². The molecule has 0 aliphatic carbocycles. The minimum absolute atomic E-state index is 0.0470. The van der Waals surface area contributed by atoms with Gasteiger partial charge < -0.3 is 14.8 Å². The summed E-state index contributed by atoms with van der Waals surface area (Å²) in [6.45, 7) is 10.7. The van der Waals surface area contributed by atoms with Crippen molar-refractivity contribution in [2.75, 3.05) is 4.90 Å². The molecule has 4 aromatic rings. The molecule has 0 spiro atoms. The highest BCUT2D eigenvalue weighted by atomic mass is 32.1. The predicted octanol–water partition coefficient (Wildman–Crippen LogP) is 5.99. The first kappa shape index (κ1) is 22.3. The standard InChI is InChI=1S/C28H29N5S/c1-17-11-13-30-25(14-17)32-20(4)16-23(21(32)5)27-26(24-8-6-7-12-29-24)31-28(34)33(27)22-10-9-18(2)19(3)15-22/h6-16,26-27H,1-5H3,(H,31,34)/t26-,27+/m0/s1. The third-order valence-corrected chi connectivity index (χ3v) is 7.10. The molecule has 172 valence electrons. The normalized spacial score (nSPS) is 17.8. The molecule has 5 nitrogen and oxygen atoms in total. The van der Waals surface area contributed by atoms with Crippen LogP contribution in [0.25, 0.3) is 5.82 Å². The average molecular weight is 468 g/mol. The van der Waals surface area contributed by atoms with Crippen LogP contribution in [0.1, 0.15) is 51.4 Å². The highest BCUT2D eigenvalue weighted by Crippen LogP contribution is 2.43. The summed E-state index contributed by atoms with van der Waals surface area (Å²) in [6, 6.07) is 18.9. The molecule has 1 N–H and O–H groups in total. The van der Waals surface area contributed by atoms with Crippen molar-refractivity contribution in [2.24, 2.45) is 0 Å². The van der Waals surface area contributed by atoms with Gasteiger partial charge in [0, 0.05) is 29.5 Å². The number of hydrogen-bond acceptors (Lipinski definition) is 3. The molecule has 0 unspecified atom stereocenters. The van der Waals surface area contributed by atoms with E-state index in [4.69, 9.17) is 17.2 Å². The number of benzene rings is 1. The van der Waals surface area contributed by atoms with Gasteiger partial charge in [-0.25, -0.2) is 4.98 Å². The maximum absolute atomic E-state index is 5.91. The minimum atomic E-state index is -0.0743. The largest absolute Gasteiger partial charge is 0.351 e. The second-order valence-electron chi connectivity index (χ2n) is 9.12. The molecule has 2 atom stereocenters. The Morgan fingerprint density at radius 2 is 1.68 bits per heavy atom. The third kappa shape index (κ3) is 3.78. The maximum Gasteiger partial charge on any atom is 0.174 e. The van der Waals surface area contributed by atoms with Gasteiger partial charge in [-0.05, 0) is 112 Å². The van der Waals surface area contributed by atoms with Crippen molar-refractivity contribution in [1.82, 2.24) is 19.9 Å². The molecule has 1 aromatic carbocycles. The van der Waals surface area contributed by atoms with E-state index < -0.39 is 0 Å².